The average molecular weight is 264 g/mol. The summed E-state index contributed by atoms with van der Waals surface area (Å²) in [5.41, 5.74) is 1.03. The van der Waals surface area contributed by atoms with Crippen LogP contribution >= 0.6 is 0 Å². The summed E-state index contributed by atoms with van der Waals surface area (Å²) in [6.45, 7) is 5.88. The molecule has 0 radical (unpaired) electrons. The third-order valence-corrected chi connectivity index (χ3v) is 3.40. The van der Waals surface area contributed by atoms with Gasteiger partial charge in [0.15, 0.2) is 0 Å². The van der Waals surface area contributed by atoms with E-state index >= 15 is 0 Å². The Balaban J connectivity index is 2.01. The van der Waals surface area contributed by atoms with Crippen molar-refractivity contribution >= 4 is 5.97 Å². The smallest absolute Gasteiger partial charge is 0.306 e. The molecular formula is C15H20O4. The van der Waals surface area contributed by atoms with Crippen LogP contribution in [-0.2, 0) is 16.0 Å². The maximum absolute atomic E-state index is 10.9. The predicted molar refractivity (Wildman–Crippen MR) is 71.4 cm³/mol. The van der Waals surface area contributed by atoms with Gasteiger partial charge in [-0.1, -0.05) is 32.0 Å². The molecule has 2 rings (SSSR count). The van der Waals surface area contributed by atoms with Gasteiger partial charge in [-0.15, -0.1) is 0 Å². The molecule has 1 aliphatic heterocycles. The van der Waals surface area contributed by atoms with Crippen molar-refractivity contribution in [2.45, 2.75) is 20.3 Å². The highest BCUT2D eigenvalue weighted by Crippen LogP contribution is 2.29. The minimum Gasteiger partial charge on any atom is -0.493 e. The van der Waals surface area contributed by atoms with Crippen molar-refractivity contribution in [3.63, 3.8) is 0 Å². The molecular weight excluding hydrogens is 244 g/mol. The number of ether oxygens (including phenoxy) is 2. The number of benzene rings is 1. The maximum atomic E-state index is 10.9. The zero-order chi connectivity index (χ0) is 13.9. The summed E-state index contributed by atoms with van der Waals surface area (Å²) < 4.78 is 11.0. The molecule has 1 fully saturated rings. The lowest BCUT2D eigenvalue weighted by atomic mass is 9.90. The summed E-state index contributed by atoms with van der Waals surface area (Å²) in [5, 5.41) is 8.98. The van der Waals surface area contributed by atoms with Crippen molar-refractivity contribution in [1.82, 2.24) is 0 Å². The van der Waals surface area contributed by atoms with E-state index in [2.05, 4.69) is 6.92 Å². The first-order chi connectivity index (χ1) is 9.00. The lowest BCUT2D eigenvalue weighted by Crippen LogP contribution is -2.44. The number of carboxylic acids is 1. The number of rotatable bonds is 6. The van der Waals surface area contributed by atoms with E-state index in [4.69, 9.17) is 14.6 Å². The second-order valence-corrected chi connectivity index (χ2v) is 5.64. The molecule has 1 aromatic rings. The van der Waals surface area contributed by atoms with Crippen LogP contribution < -0.4 is 4.74 Å². The van der Waals surface area contributed by atoms with Gasteiger partial charge in [0.05, 0.1) is 25.7 Å². The third kappa shape index (κ3) is 3.47. The fourth-order valence-electron chi connectivity index (χ4n) is 2.02. The molecule has 1 unspecified atom stereocenters. The molecule has 0 saturated carbocycles. The Kier molecular flexibility index (Phi) is 4.10. The van der Waals surface area contributed by atoms with Crippen molar-refractivity contribution in [2.75, 3.05) is 19.8 Å². The highest BCUT2D eigenvalue weighted by atomic mass is 16.5. The van der Waals surface area contributed by atoms with Gasteiger partial charge in [0.1, 0.15) is 5.75 Å². The van der Waals surface area contributed by atoms with Gasteiger partial charge in [-0.05, 0) is 18.1 Å². The summed E-state index contributed by atoms with van der Waals surface area (Å²) >= 11 is 0. The summed E-state index contributed by atoms with van der Waals surface area (Å²) in [6, 6.07) is 7.63. The lowest BCUT2D eigenvalue weighted by Gasteiger charge is -2.37. The minimum absolute atomic E-state index is 0.0888. The van der Waals surface area contributed by atoms with Crippen LogP contribution in [0.2, 0.25) is 0 Å². The van der Waals surface area contributed by atoms with Crippen LogP contribution in [0.4, 0.5) is 0 Å². The molecule has 0 aliphatic carbocycles. The summed E-state index contributed by atoms with van der Waals surface area (Å²) in [6.07, 6.45) is 0.485. The second kappa shape index (κ2) is 5.61. The number of carbonyl (C=O) groups is 1. The number of carboxylic acid groups (broad SMARTS) is 1. The molecule has 0 amide bonds. The van der Waals surface area contributed by atoms with Gasteiger partial charge in [0.2, 0.25) is 0 Å². The highest BCUT2D eigenvalue weighted by Gasteiger charge is 2.34. The van der Waals surface area contributed by atoms with Gasteiger partial charge in [-0.2, -0.15) is 0 Å². The molecule has 1 aliphatic rings. The zero-order valence-corrected chi connectivity index (χ0v) is 11.4. The molecule has 4 heteroatoms. The molecule has 1 heterocycles. The van der Waals surface area contributed by atoms with E-state index in [1.807, 2.05) is 24.3 Å². The van der Waals surface area contributed by atoms with Crippen molar-refractivity contribution < 1.29 is 19.4 Å². The van der Waals surface area contributed by atoms with Crippen molar-refractivity contribution in [3.8, 4) is 5.75 Å². The Hall–Kier alpha value is -1.55. The molecule has 1 N–H and O–H groups in total. The molecule has 1 aromatic carbocycles. The van der Waals surface area contributed by atoms with E-state index < -0.39 is 11.9 Å². The first-order valence-electron chi connectivity index (χ1n) is 6.51. The van der Waals surface area contributed by atoms with Gasteiger partial charge in [-0.25, -0.2) is 0 Å². The van der Waals surface area contributed by atoms with Crippen LogP contribution in [0.15, 0.2) is 24.3 Å². The van der Waals surface area contributed by atoms with Crippen LogP contribution in [0.25, 0.3) is 0 Å². The largest absolute Gasteiger partial charge is 0.493 e. The van der Waals surface area contributed by atoms with E-state index in [1.165, 1.54) is 0 Å². The van der Waals surface area contributed by atoms with Crippen LogP contribution in [0.1, 0.15) is 19.4 Å². The maximum Gasteiger partial charge on any atom is 0.306 e. The Bertz CT molecular complexity index is 451. The van der Waals surface area contributed by atoms with E-state index in [0.29, 0.717) is 13.0 Å². The van der Waals surface area contributed by atoms with Gasteiger partial charge in [0.25, 0.3) is 0 Å². The molecule has 1 atom stereocenters. The number of hydrogen-bond donors (Lipinski definition) is 1. The zero-order valence-electron chi connectivity index (χ0n) is 11.4. The van der Waals surface area contributed by atoms with E-state index in [-0.39, 0.29) is 5.41 Å². The minimum atomic E-state index is -0.783. The predicted octanol–water partition coefficient (Wildman–Crippen LogP) is 2.37. The second-order valence-electron chi connectivity index (χ2n) is 5.64. The van der Waals surface area contributed by atoms with Crippen LogP contribution in [-0.4, -0.2) is 30.9 Å². The first-order valence-corrected chi connectivity index (χ1v) is 6.51. The monoisotopic (exact) mass is 264 g/mol. The number of hydrogen-bond acceptors (Lipinski definition) is 3. The quantitative estimate of drug-likeness (QED) is 0.857. The standard InChI is InChI=1S/C15H20O4/c1-11(14(16)17)7-12-5-3-4-6-13(12)19-10-15(2)8-18-9-15/h3-6,11H,7-10H2,1-2H3,(H,16,17). The molecule has 0 aromatic heterocycles. The SMILES string of the molecule is CC(Cc1ccccc1OCC1(C)COC1)C(=O)O. The molecule has 4 nitrogen and oxygen atoms in total. The van der Waals surface area contributed by atoms with Crippen molar-refractivity contribution in [3.05, 3.63) is 29.8 Å². The fourth-order valence-corrected chi connectivity index (χ4v) is 2.02. The normalized spacial score (nSPS) is 18.4. The van der Waals surface area contributed by atoms with E-state index in [9.17, 15) is 4.79 Å². The van der Waals surface area contributed by atoms with E-state index in [0.717, 1.165) is 24.5 Å². The van der Waals surface area contributed by atoms with E-state index in [1.54, 1.807) is 6.92 Å². The van der Waals surface area contributed by atoms with Gasteiger partial charge >= 0.3 is 5.97 Å². The van der Waals surface area contributed by atoms with Crippen molar-refractivity contribution in [2.24, 2.45) is 11.3 Å². The Morgan fingerprint density at radius 3 is 2.74 bits per heavy atom. The third-order valence-electron chi connectivity index (χ3n) is 3.40. The molecule has 104 valence electrons. The van der Waals surface area contributed by atoms with Gasteiger partial charge in [-0.3, -0.25) is 4.79 Å². The first kappa shape index (κ1) is 13.9. The summed E-state index contributed by atoms with van der Waals surface area (Å²) in [4.78, 5) is 10.9. The van der Waals surface area contributed by atoms with Gasteiger partial charge < -0.3 is 14.6 Å². The van der Waals surface area contributed by atoms with Gasteiger partial charge in [0, 0.05) is 5.41 Å². The van der Waals surface area contributed by atoms with Crippen LogP contribution in [0, 0.1) is 11.3 Å². The number of para-hydroxylation sites is 1. The molecule has 19 heavy (non-hydrogen) atoms. The topological polar surface area (TPSA) is 55.8 Å². The summed E-state index contributed by atoms with van der Waals surface area (Å²) in [7, 11) is 0. The van der Waals surface area contributed by atoms with Crippen LogP contribution in [0.3, 0.4) is 0 Å². The van der Waals surface area contributed by atoms with Crippen molar-refractivity contribution in [1.29, 1.82) is 0 Å². The summed E-state index contributed by atoms with van der Waals surface area (Å²) in [5.74, 6) is -0.412. The fraction of sp³-hybridized carbons (Fsp3) is 0.533. The van der Waals surface area contributed by atoms with Crippen LogP contribution in [0.5, 0.6) is 5.75 Å². The average Bonchev–Trinajstić information content (AvgIpc) is 2.35. The molecule has 0 spiro atoms. The highest BCUT2D eigenvalue weighted by molar-refractivity contribution is 5.70. The Labute approximate surface area is 113 Å². The Morgan fingerprint density at radius 1 is 1.47 bits per heavy atom. The Morgan fingerprint density at radius 2 is 2.16 bits per heavy atom. The lowest BCUT2D eigenvalue weighted by molar-refractivity contribution is -0.141. The number of aliphatic carboxylic acids is 1. The molecule has 1 saturated heterocycles. The molecule has 0 bridgehead atoms.